The Bertz CT molecular complexity index is 485. The third-order valence-corrected chi connectivity index (χ3v) is 4.21. The largest absolute Gasteiger partial charge is 0.370 e. The first-order valence-corrected chi connectivity index (χ1v) is 6.87. The van der Waals surface area contributed by atoms with Gasteiger partial charge in [0, 0.05) is 15.5 Å². The van der Waals surface area contributed by atoms with Crippen molar-refractivity contribution in [3.05, 3.63) is 33.3 Å². The molecule has 1 aromatic carbocycles. The normalized spacial score (nSPS) is 24.0. The number of nitrogens with zero attached hydrogens (tertiary/aromatic N) is 2. The Balaban J connectivity index is 1.93. The molecule has 1 heterocycles. The summed E-state index contributed by atoms with van der Waals surface area (Å²) in [6.07, 6.45) is 2.44. The van der Waals surface area contributed by atoms with Gasteiger partial charge < -0.3 is 10.6 Å². The van der Waals surface area contributed by atoms with Gasteiger partial charge >= 0.3 is 0 Å². The molecule has 0 saturated heterocycles. The van der Waals surface area contributed by atoms with Gasteiger partial charge in [0.2, 0.25) is 0 Å². The van der Waals surface area contributed by atoms with Crippen molar-refractivity contribution in [2.24, 2.45) is 10.7 Å². The lowest BCUT2D eigenvalue weighted by Gasteiger charge is -2.27. The molecule has 0 amide bonds. The number of guanidine groups is 1. The number of benzene rings is 1. The van der Waals surface area contributed by atoms with E-state index in [1.165, 1.54) is 18.4 Å². The monoisotopic (exact) mass is 313 g/mol. The summed E-state index contributed by atoms with van der Waals surface area (Å²) in [4.78, 5) is 6.61. The van der Waals surface area contributed by atoms with Crippen molar-refractivity contribution in [1.29, 1.82) is 0 Å². The van der Waals surface area contributed by atoms with Crippen LogP contribution in [0.25, 0.3) is 0 Å². The first kappa shape index (κ1) is 11.4. The van der Waals surface area contributed by atoms with Gasteiger partial charge in [-0.1, -0.05) is 33.6 Å². The summed E-state index contributed by atoms with van der Waals surface area (Å²) in [5, 5.41) is 0.741. The molecule has 1 fully saturated rings. The first-order chi connectivity index (χ1) is 8.16. The van der Waals surface area contributed by atoms with Crippen LogP contribution in [0.5, 0.6) is 0 Å². The van der Waals surface area contributed by atoms with Gasteiger partial charge in [-0.05, 0) is 30.5 Å². The van der Waals surface area contributed by atoms with Crippen LogP contribution in [0.1, 0.15) is 24.4 Å². The summed E-state index contributed by atoms with van der Waals surface area (Å²) >= 11 is 9.54. The van der Waals surface area contributed by atoms with Crippen LogP contribution in [0.3, 0.4) is 0 Å². The minimum Gasteiger partial charge on any atom is -0.370 e. The molecule has 2 N–H and O–H groups in total. The summed E-state index contributed by atoms with van der Waals surface area (Å²) in [5.41, 5.74) is 7.18. The predicted octanol–water partition coefficient (Wildman–Crippen LogP) is 2.94. The van der Waals surface area contributed by atoms with E-state index in [0.717, 1.165) is 16.0 Å². The van der Waals surface area contributed by atoms with Gasteiger partial charge in [-0.2, -0.15) is 0 Å². The maximum Gasteiger partial charge on any atom is 0.192 e. The third-order valence-electron chi connectivity index (χ3n) is 3.29. The van der Waals surface area contributed by atoms with Gasteiger partial charge in [0.1, 0.15) is 0 Å². The topological polar surface area (TPSA) is 41.6 Å². The molecule has 1 saturated carbocycles. The van der Waals surface area contributed by atoms with E-state index in [2.05, 4.69) is 31.9 Å². The van der Waals surface area contributed by atoms with E-state index in [9.17, 15) is 0 Å². The van der Waals surface area contributed by atoms with Crippen LogP contribution >= 0.6 is 27.5 Å². The minimum absolute atomic E-state index is 0.258. The van der Waals surface area contributed by atoms with Crippen molar-refractivity contribution in [3.63, 3.8) is 0 Å². The van der Waals surface area contributed by atoms with Crippen LogP contribution in [0.4, 0.5) is 0 Å². The Morgan fingerprint density at radius 3 is 2.82 bits per heavy atom. The second kappa shape index (κ2) is 4.18. The zero-order valence-electron chi connectivity index (χ0n) is 9.24. The smallest absolute Gasteiger partial charge is 0.192 e. The van der Waals surface area contributed by atoms with Crippen LogP contribution < -0.4 is 5.73 Å². The fourth-order valence-electron chi connectivity index (χ4n) is 2.32. The number of rotatable bonds is 2. The van der Waals surface area contributed by atoms with Crippen LogP contribution in [0.15, 0.2) is 27.7 Å². The van der Waals surface area contributed by atoms with Gasteiger partial charge in [-0.15, -0.1) is 0 Å². The first-order valence-electron chi connectivity index (χ1n) is 5.70. The van der Waals surface area contributed by atoms with Gasteiger partial charge in [0.05, 0.1) is 12.6 Å². The molecule has 2 aliphatic rings. The Kier molecular flexibility index (Phi) is 2.79. The molecule has 1 atom stereocenters. The minimum atomic E-state index is 0.258. The van der Waals surface area contributed by atoms with Crippen molar-refractivity contribution in [2.45, 2.75) is 24.9 Å². The molecule has 0 radical (unpaired) electrons. The standard InChI is InChI=1S/C12H13BrClN3/c13-10-5-7(14)1-4-9(10)11-6-16-12(15)17(11)8-2-3-8/h1,4-5,8,11H,2-3,6H2,(H2,15,16). The van der Waals surface area contributed by atoms with E-state index >= 15 is 0 Å². The number of nitrogens with two attached hydrogens (primary N) is 1. The van der Waals surface area contributed by atoms with E-state index in [1.807, 2.05) is 12.1 Å². The van der Waals surface area contributed by atoms with Crippen molar-refractivity contribution in [2.75, 3.05) is 6.54 Å². The molecule has 0 bridgehead atoms. The van der Waals surface area contributed by atoms with Crippen molar-refractivity contribution < 1.29 is 0 Å². The quantitative estimate of drug-likeness (QED) is 0.912. The van der Waals surface area contributed by atoms with Gasteiger partial charge in [0.15, 0.2) is 5.96 Å². The highest BCUT2D eigenvalue weighted by molar-refractivity contribution is 9.10. The molecule has 17 heavy (non-hydrogen) atoms. The summed E-state index contributed by atoms with van der Waals surface area (Å²) in [6, 6.07) is 6.74. The zero-order valence-corrected chi connectivity index (χ0v) is 11.6. The maximum absolute atomic E-state index is 5.97. The molecule has 1 aromatic rings. The highest BCUT2D eigenvalue weighted by atomic mass is 79.9. The van der Waals surface area contributed by atoms with E-state index in [4.69, 9.17) is 17.3 Å². The second-order valence-electron chi connectivity index (χ2n) is 4.52. The highest BCUT2D eigenvalue weighted by Gasteiger charge is 2.39. The molecule has 90 valence electrons. The van der Waals surface area contributed by atoms with Crippen LogP contribution in [-0.4, -0.2) is 23.4 Å². The second-order valence-corrected chi connectivity index (χ2v) is 5.81. The predicted molar refractivity (Wildman–Crippen MR) is 73.2 cm³/mol. The third kappa shape index (κ3) is 2.04. The summed E-state index contributed by atoms with van der Waals surface area (Å²) in [7, 11) is 0. The molecule has 3 nitrogen and oxygen atoms in total. The molecular formula is C12H13BrClN3. The van der Waals surface area contributed by atoms with E-state index in [-0.39, 0.29) is 6.04 Å². The highest BCUT2D eigenvalue weighted by Crippen LogP contribution is 2.39. The van der Waals surface area contributed by atoms with Crippen molar-refractivity contribution in [3.8, 4) is 0 Å². The van der Waals surface area contributed by atoms with Gasteiger partial charge in [-0.25, -0.2) is 0 Å². The lowest BCUT2D eigenvalue weighted by atomic mass is 10.1. The summed E-state index contributed by atoms with van der Waals surface area (Å²) < 4.78 is 1.03. The Labute approximate surface area is 114 Å². The Morgan fingerprint density at radius 1 is 1.41 bits per heavy atom. The Morgan fingerprint density at radius 2 is 2.18 bits per heavy atom. The van der Waals surface area contributed by atoms with E-state index in [1.54, 1.807) is 0 Å². The Hall–Kier alpha value is -0.740. The van der Waals surface area contributed by atoms with Gasteiger partial charge in [0.25, 0.3) is 0 Å². The molecule has 0 aromatic heterocycles. The maximum atomic E-state index is 5.97. The summed E-state index contributed by atoms with van der Waals surface area (Å²) in [6.45, 7) is 0.739. The lowest BCUT2D eigenvalue weighted by molar-refractivity contribution is 0.337. The average molecular weight is 315 g/mol. The molecule has 1 unspecified atom stereocenters. The molecule has 5 heteroatoms. The average Bonchev–Trinajstić information content (AvgIpc) is 3.03. The molecule has 1 aliphatic carbocycles. The van der Waals surface area contributed by atoms with Crippen LogP contribution in [-0.2, 0) is 0 Å². The fourth-order valence-corrected chi connectivity index (χ4v) is 3.27. The number of hydrogen-bond donors (Lipinski definition) is 1. The number of hydrogen-bond acceptors (Lipinski definition) is 3. The summed E-state index contributed by atoms with van der Waals surface area (Å²) in [5.74, 6) is 0.680. The van der Waals surface area contributed by atoms with E-state index < -0.39 is 0 Å². The SMILES string of the molecule is NC1=NCC(c2ccc(Cl)cc2Br)N1C1CC1. The van der Waals surface area contributed by atoms with Gasteiger partial charge in [-0.3, -0.25) is 4.99 Å². The molecule has 0 spiro atoms. The number of aliphatic imine (C=N–C) groups is 1. The fraction of sp³-hybridized carbons (Fsp3) is 0.417. The number of halogens is 2. The lowest BCUT2D eigenvalue weighted by Crippen LogP contribution is -2.37. The molecule has 3 rings (SSSR count). The van der Waals surface area contributed by atoms with Crippen molar-refractivity contribution in [1.82, 2.24) is 4.90 Å². The molecular weight excluding hydrogens is 302 g/mol. The van der Waals surface area contributed by atoms with Crippen LogP contribution in [0, 0.1) is 0 Å². The molecule has 1 aliphatic heterocycles. The van der Waals surface area contributed by atoms with Crippen LogP contribution in [0.2, 0.25) is 5.02 Å². The van der Waals surface area contributed by atoms with Crippen molar-refractivity contribution >= 4 is 33.5 Å². The van der Waals surface area contributed by atoms with E-state index in [0.29, 0.717) is 12.0 Å². The zero-order chi connectivity index (χ0) is 12.0.